The fourth-order valence-corrected chi connectivity index (χ4v) is 6.45. The molecule has 2 aromatic rings. The molecule has 136 valence electrons. The number of hydrogen-bond donors (Lipinski definition) is 0. The Balaban J connectivity index is 1.66. The molecule has 0 spiro atoms. The lowest BCUT2D eigenvalue weighted by atomic mass is 10.2. The van der Waals surface area contributed by atoms with Crippen LogP contribution in [0.4, 0.5) is 0 Å². The Labute approximate surface area is 162 Å². The Bertz CT molecular complexity index is 855. The number of thiophene rings is 1. The molecule has 0 aromatic carbocycles. The second-order valence-electron chi connectivity index (χ2n) is 6.08. The average Bonchev–Trinajstić information content (AvgIpc) is 2.86. The van der Waals surface area contributed by atoms with Crippen molar-refractivity contribution in [1.82, 2.24) is 14.2 Å². The van der Waals surface area contributed by atoms with Gasteiger partial charge in [0, 0.05) is 42.5 Å². The summed E-state index contributed by atoms with van der Waals surface area (Å²) >= 11 is 13.4. The summed E-state index contributed by atoms with van der Waals surface area (Å²) in [5.41, 5.74) is 0.977. The normalized spacial score (nSPS) is 17.1. The van der Waals surface area contributed by atoms with E-state index in [1.54, 1.807) is 22.5 Å². The molecule has 25 heavy (non-hydrogen) atoms. The molecule has 1 aliphatic rings. The van der Waals surface area contributed by atoms with Crippen LogP contribution in [-0.4, -0.2) is 48.8 Å². The maximum atomic E-state index is 12.8. The van der Waals surface area contributed by atoms with Crippen LogP contribution in [0.25, 0.3) is 0 Å². The summed E-state index contributed by atoms with van der Waals surface area (Å²) < 4.78 is 27.3. The first-order chi connectivity index (χ1) is 11.8. The third kappa shape index (κ3) is 4.35. The lowest BCUT2D eigenvalue weighted by molar-refractivity contribution is 0.181. The van der Waals surface area contributed by atoms with Crippen molar-refractivity contribution in [2.24, 2.45) is 0 Å². The molecule has 3 heterocycles. The van der Waals surface area contributed by atoms with E-state index in [2.05, 4.69) is 9.88 Å². The Kier molecular flexibility index (Phi) is 5.72. The number of hydrogen-bond acceptors (Lipinski definition) is 5. The third-order valence-electron chi connectivity index (χ3n) is 4.17. The van der Waals surface area contributed by atoms with Crippen LogP contribution in [0.1, 0.15) is 15.3 Å². The fourth-order valence-electron chi connectivity index (χ4n) is 2.99. The molecule has 0 N–H and O–H groups in total. The summed E-state index contributed by atoms with van der Waals surface area (Å²) in [6, 6.07) is 5.34. The number of aromatic nitrogens is 1. The fraction of sp³-hybridized carbons (Fsp3) is 0.438. The van der Waals surface area contributed by atoms with E-state index in [4.69, 9.17) is 23.2 Å². The van der Waals surface area contributed by atoms with Crippen LogP contribution in [0.2, 0.25) is 10.3 Å². The number of pyridine rings is 1. The lowest BCUT2D eigenvalue weighted by Gasteiger charge is -2.34. The van der Waals surface area contributed by atoms with Crippen LogP contribution in [0.15, 0.2) is 23.1 Å². The Morgan fingerprint density at radius 3 is 2.20 bits per heavy atom. The SMILES string of the molecule is Cc1cc(S(=O)(=O)N2CCN(Cc3cc(Cl)nc(Cl)c3)CC2)c(C)s1. The van der Waals surface area contributed by atoms with Crippen molar-refractivity contribution in [2.75, 3.05) is 26.2 Å². The zero-order valence-electron chi connectivity index (χ0n) is 14.0. The molecule has 0 bridgehead atoms. The molecule has 0 saturated carbocycles. The smallest absolute Gasteiger partial charge is 0.244 e. The van der Waals surface area contributed by atoms with E-state index in [0.29, 0.717) is 47.9 Å². The molecular formula is C16H19Cl2N3O2S2. The minimum absolute atomic E-state index is 0.368. The predicted molar refractivity (Wildman–Crippen MR) is 102 cm³/mol. The van der Waals surface area contributed by atoms with E-state index in [1.807, 2.05) is 13.8 Å². The van der Waals surface area contributed by atoms with E-state index in [1.165, 1.54) is 11.3 Å². The molecule has 0 unspecified atom stereocenters. The van der Waals surface area contributed by atoms with Crippen LogP contribution >= 0.6 is 34.5 Å². The summed E-state index contributed by atoms with van der Waals surface area (Å²) in [5.74, 6) is 0. The number of piperazine rings is 1. The minimum Gasteiger partial charge on any atom is -0.296 e. The predicted octanol–water partition coefficient (Wildman–Crippen LogP) is 3.57. The van der Waals surface area contributed by atoms with E-state index in [0.717, 1.165) is 15.3 Å². The average molecular weight is 420 g/mol. The van der Waals surface area contributed by atoms with Crippen LogP contribution in [0, 0.1) is 13.8 Å². The maximum Gasteiger partial charge on any atom is 0.244 e. The highest BCUT2D eigenvalue weighted by Crippen LogP contribution is 2.28. The topological polar surface area (TPSA) is 53.5 Å². The van der Waals surface area contributed by atoms with Gasteiger partial charge in [-0.15, -0.1) is 11.3 Å². The number of halogens is 2. The van der Waals surface area contributed by atoms with Crippen molar-refractivity contribution in [3.63, 3.8) is 0 Å². The van der Waals surface area contributed by atoms with Gasteiger partial charge in [-0.2, -0.15) is 4.31 Å². The minimum atomic E-state index is -3.42. The van der Waals surface area contributed by atoms with Crippen molar-refractivity contribution in [2.45, 2.75) is 25.3 Å². The van der Waals surface area contributed by atoms with Gasteiger partial charge in [-0.1, -0.05) is 23.2 Å². The summed E-state index contributed by atoms with van der Waals surface area (Å²) in [6.07, 6.45) is 0. The van der Waals surface area contributed by atoms with E-state index < -0.39 is 10.0 Å². The van der Waals surface area contributed by atoms with Gasteiger partial charge in [0.05, 0.1) is 4.90 Å². The first-order valence-corrected chi connectivity index (χ1v) is 10.9. The van der Waals surface area contributed by atoms with E-state index in [9.17, 15) is 8.42 Å². The number of rotatable bonds is 4. The summed E-state index contributed by atoms with van der Waals surface area (Å²) in [7, 11) is -3.42. The molecule has 0 radical (unpaired) electrons. The highest BCUT2D eigenvalue weighted by atomic mass is 35.5. The van der Waals surface area contributed by atoms with Crippen molar-refractivity contribution < 1.29 is 8.42 Å². The quantitative estimate of drug-likeness (QED) is 0.710. The van der Waals surface area contributed by atoms with Crippen LogP contribution in [0.3, 0.4) is 0 Å². The Hall–Kier alpha value is -0.700. The van der Waals surface area contributed by atoms with Crippen molar-refractivity contribution >= 4 is 44.6 Å². The van der Waals surface area contributed by atoms with Gasteiger partial charge in [-0.3, -0.25) is 4.90 Å². The van der Waals surface area contributed by atoms with Crippen molar-refractivity contribution in [3.8, 4) is 0 Å². The van der Waals surface area contributed by atoms with Gasteiger partial charge in [-0.05, 0) is 37.6 Å². The molecule has 1 saturated heterocycles. The van der Waals surface area contributed by atoms with Gasteiger partial charge in [0.15, 0.2) is 0 Å². The summed E-state index contributed by atoms with van der Waals surface area (Å²) in [4.78, 5) is 8.44. The monoisotopic (exact) mass is 419 g/mol. The molecule has 5 nitrogen and oxygen atoms in total. The summed E-state index contributed by atoms with van der Waals surface area (Å²) in [6.45, 7) is 6.74. The third-order valence-corrected chi connectivity index (χ3v) is 7.68. The Morgan fingerprint density at radius 1 is 1.08 bits per heavy atom. The molecule has 0 amide bonds. The van der Waals surface area contributed by atoms with Gasteiger partial charge in [-0.25, -0.2) is 13.4 Å². The molecule has 0 atom stereocenters. The number of sulfonamides is 1. The van der Waals surface area contributed by atoms with Crippen LogP contribution < -0.4 is 0 Å². The van der Waals surface area contributed by atoms with E-state index >= 15 is 0 Å². The maximum absolute atomic E-state index is 12.8. The van der Waals surface area contributed by atoms with Crippen LogP contribution in [-0.2, 0) is 16.6 Å². The second-order valence-corrected chi connectivity index (χ2v) is 10.2. The van der Waals surface area contributed by atoms with Gasteiger partial charge >= 0.3 is 0 Å². The largest absolute Gasteiger partial charge is 0.296 e. The van der Waals surface area contributed by atoms with Gasteiger partial charge in [0.2, 0.25) is 10.0 Å². The molecule has 2 aromatic heterocycles. The lowest BCUT2D eigenvalue weighted by Crippen LogP contribution is -2.48. The highest BCUT2D eigenvalue weighted by Gasteiger charge is 2.30. The Morgan fingerprint density at radius 2 is 1.68 bits per heavy atom. The molecule has 1 aliphatic heterocycles. The van der Waals surface area contributed by atoms with E-state index in [-0.39, 0.29) is 0 Å². The van der Waals surface area contributed by atoms with Crippen molar-refractivity contribution in [1.29, 1.82) is 0 Å². The van der Waals surface area contributed by atoms with Gasteiger partial charge < -0.3 is 0 Å². The standard InChI is InChI=1S/C16H19Cl2N3O2S2/c1-11-7-14(12(2)24-11)25(22,23)21-5-3-20(4-6-21)10-13-8-15(17)19-16(18)9-13/h7-9H,3-6,10H2,1-2H3. The van der Waals surface area contributed by atoms with Crippen molar-refractivity contribution in [3.05, 3.63) is 43.8 Å². The zero-order valence-corrected chi connectivity index (χ0v) is 17.1. The zero-order chi connectivity index (χ0) is 18.2. The highest BCUT2D eigenvalue weighted by molar-refractivity contribution is 7.89. The molecule has 9 heteroatoms. The molecule has 1 fully saturated rings. The molecule has 3 rings (SSSR count). The number of aryl methyl sites for hydroxylation is 2. The molecule has 0 aliphatic carbocycles. The van der Waals surface area contributed by atoms with Gasteiger partial charge in [0.1, 0.15) is 10.3 Å². The second kappa shape index (κ2) is 7.50. The molecular weight excluding hydrogens is 401 g/mol. The number of nitrogens with zero attached hydrogens (tertiary/aromatic N) is 3. The first kappa shape index (κ1) is 19.1. The summed E-state index contributed by atoms with van der Waals surface area (Å²) in [5, 5.41) is 0.735. The van der Waals surface area contributed by atoms with Gasteiger partial charge in [0.25, 0.3) is 0 Å². The first-order valence-electron chi connectivity index (χ1n) is 7.87. The van der Waals surface area contributed by atoms with Crippen LogP contribution in [0.5, 0.6) is 0 Å².